The van der Waals surface area contributed by atoms with E-state index in [0.29, 0.717) is 6.54 Å². The zero-order chi connectivity index (χ0) is 23.2. The molecule has 0 aromatic carbocycles. The second kappa shape index (κ2) is 21.4. The van der Waals surface area contributed by atoms with Gasteiger partial charge in [0.05, 0.1) is 6.61 Å². The largest absolute Gasteiger partial charge is 0.469 e. The lowest BCUT2D eigenvalue weighted by atomic mass is 10.0. The first-order valence-corrected chi connectivity index (χ1v) is 14.1. The zero-order valence-corrected chi connectivity index (χ0v) is 20.8. The Labute approximate surface area is 190 Å². The van der Waals surface area contributed by atoms with Crippen molar-refractivity contribution in [3.8, 4) is 0 Å². The number of hydrogen-bond acceptors (Lipinski definition) is 4. The highest BCUT2D eigenvalue weighted by Crippen LogP contribution is 2.35. The molecule has 0 radical (unpaired) electrons. The van der Waals surface area contributed by atoms with E-state index in [9.17, 15) is 9.36 Å². The molecule has 0 rings (SSSR count). The van der Waals surface area contributed by atoms with Crippen molar-refractivity contribution in [2.75, 3.05) is 13.2 Å². The molecule has 0 bridgehead atoms. The first-order chi connectivity index (χ1) is 14.9. The van der Waals surface area contributed by atoms with Crippen molar-refractivity contribution in [2.45, 2.75) is 129 Å². The molecule has 5 N–H and O–H groups in total. The Bertz CT molecular complexity index is 459. The lowest BCUT2D eigenvalue weighted by molar-refractivity contribution is -0.123. The summed E-state index contributed by atoms with van der Waals surface area (Å²) >= 11 is 0. The Morgan fingerprint density at radius 2 is 1.13 bits per heavy atom. The summed E-state index contributed by atoms with van der Waals surface area (Å²) in [5.41, 5.74) is 5.52. The first kappa shape index (κ1) is 30.5. The van der Waals surface area contributed by atoms with Crippen molar-refractivity contribution in [1.29, 1.82) is 0 Å². The average molecular weight is 465 g/mol. The van der Waals surface area contributed by atoms with Gasteiger partial charge < -0.3 is 20.8 Å². The predicted octanol–water partition coefficient (Wildman–Crippen LogP) is 5.58. The highest BCUT2D eigenvalue weighted by atomic mass is 31.2. The first-order valence-electron chi connectivity index (χ1n) is 12.6. The van der Waals surface area contributed by atoms with Crippen molar-refractivity contribution in [2.24, 2.45) is 5.73 Å². The number of unbranched alkanes of at least 4 members (excludes halogenated alkanes) is 17. The normalized spacial score (nSPS) is 12.8. The molecule has 0 aromatic rings. The minimum atomic E-state index is -4.59. The van der Waals surface area contributed by atoms with Crippen LogP contribution in [0.1, 0.15) is 122 Å². The summed E-state index contributed by atoms with van der Waals surface area (Å²) in [6, 6.07) is -1.07. The average Bonchev–Trinajstić information content (AvgIpc) is 2.72. The summed E-state index contributed by atoms with van der Waals surface area (Å²) in [6.45, 7) is 2.31. The van der Waals surface area contributed by atoms with Gasteiger partial charge in [0.15, 0.2) is 0 Å². The smallest absolute Gasteiger partial charge is 0.355 e. The van der Waals surface area contributed by atoms with Gasteiger partial charge in [-0.05, 0) is 6.42 Å². The Hall–Kier alpha value is -0.460. The predicted molar refractivity (Wildman–Crippen MR) is 128 cm³/mol. The molecule has 8 heteroatoms. The summed E-state index contributed by atoms with van der Waals surface area (Å²) in [5.74, 6) is -0.444. The van der Waals surface area contributed by atoms with Crippen LogP contribution in [0.5, 0.6) is 0 Å². The van der Waals surface area contributed by atoms with Gasteiger partial charge in [-0.3, -0.25) is 9.32 Å². The molecule has 0 aliphatic heterocycles. The Kier molecular flexibility index (Phi) is 21.1. The number of phosphoric acid groups is 1. The molecular formula is C23H49N2O5P. The number of nitrogens with one attached hydrogen (secondary N) is 1. The van der Waals surface area contributed by atoms with Gasteiger partial charge in [0.25, 0.3) is 0 Å². The zero-order valence-electron chi connectivity index (χ0n) is 19.9. The molecule has 7 nitrogen and oxygen atoms in total. The van der Waals surface area contributed by atoms with E-state index in [-0.39, 0.29) is 0 Å². The number of rotatable bonds is 23. The van der Waals surface area contributed by atoms with Crippen LogP contribution < -0.4 is 11.1 Å². The van der Waals surface area contributed by atoms with Crippen molar-refractivity contribution in [1.82, 2.24) is 5.32 Å². The molecule has 0 saturated carbocycles. The number of hydrogen-bond donors (Lipinski definition) is 4. The Morgan fingerprint density at radius 3 is 1.48 bits per heavy atom. The molecule has 0 aromatic heterocycles. The van der Waals surface area contributed by atoms with Gasteiger partial charge in [-0.2, -0.15) is 0 Å². The van der Waals surface area contributed by atoms with Gasteiger partial charge in [0.2, 0.25) is 5.91 Å². The van der Waals surface area contributed by atoms with E-state index in [1.165, 1.54) is 103 Å². The highest BCUT2D eigenvalue weighted by molar-refractivity contribution is 7.46. The minimum absolute atomic E-state index is 0.444. The fourth-order valence-electron chi connectivity index (χ4n) is 3.62. The van der Waals surface area contributed by atoms with Crippen LogP contribution in [0.2, 0.25) is 0 Å². The van der Waals surface area contributed by atoms with Crippen LogP contribution in [-0.4, -0.2) is 34.9 Å². The summed E-state index contributed by atoms with van der Waals surface area (Å²) in [4.78, 5) is 28.9. The van der Waals surface area contributed by atoms with Gasteiger partial charge in [0.1, 0.15) is 6.04 Å². The molecule has 0 aliphatic carbocycles. The molecule has 0 spiro atoms. The lowest BCUT2D eigenvalue weighted by Gasteiger charge is -2.12. The third-order valence-electron chi connectivity index (χ3n) is 5.59. The van der Waals surface area contributed by atoms with Crippen LogP contribution in [0.3, 0.4) is 0 Å². The van der Waals surface area contributed by atoms with Crippen LogP contribution in [-0.2, 0) is 13.9 Å². The number of phosphoric ester groups is 1. The van der Waals surface area contributed by atoms with Crippen molar-refractivity contribution in [3.63, 3.8) is 0 Å². The van der Waals surface area contributed by atoms with Crippen LogP contribution in [0.25, 0.3) is 0 Å². The Morgan fingerprint density at radius 1 is 0.774 bits per heavy atom. The van der Waals surface area contributed by atoms with Gasteiger partial charge in [-0.25, -0.2) is 4.57 Å². The maximum absolute atomic E-state index is 11.7. The maximum Gasteiger partial charge on any atom is 0.469 e. The van der Waals surface area contributed by atoms with Crippen LogP contribution in [0.4, 0.5) is 0 Å². The fourth-order valence-corrected chi connectivity index (χ4v) is 3.98. The van der Waals surface area contributed by atoms with Crippen molar-refractivity contribution in [3.05, 3.63) is 0 Å². The van der Waals surface area contributed by atoms with E-state index in [2.05, 4.69) is 16.8 Å². The quantitative estimate of drug-likeness (QED) is 0.116. The highest BCUT2D eigenvalue weighted by Gasteiger charge is 2.20. The molecule has 31 heavy (non-hydrogen) atoms. The van der Waals surface area contributed by atoms with Crippen molar-refractivity contribution < 1.29 is 23.7 Å². The van der Waals surface area contributed by atoms with E-state index in [4.69, 9.17) is 15.5 Å². The monoisotopic (exact) mass is 464 g/mol. The topological polar surface area (TPSA) is 122 Å². The summed E-state index contributed by atoms with van der Waals surface area (Å²) in [7, 11) is -4.59. The van der Waals surface area contributed by atoms with Gasteiger partial charge >= 0.3 is 7.82 Å². The van der Waals surface area contributed by atoms with E-state index >= 15 is 0 Å². The minimum Gasteiger partial charge on any atom is -0.355 e. The van der Waals surface area contributed by atoms with Crippen LogP contribution in [0.15, 0.2) is 0 Å². The van der Waals surface area contributed by atoms with Crippen LogP contribution >= 0.6 is 7.82 Å². The van der Waals surface area contributed by atoms with E-state index in [1.807, 2.05) is 0 Å². The van der Waals surface area contributed by atoms with E-state index in [1.54, 1.807) is 0 Å². The SMILES string of the molecule is CCCCCCCCCCCCCCCCCCCCNC(=O)[C@@H](N)COP(=O)(O)O. The number of amides is 1. The number of nitrogens with two attached hydrogens (primary N) is 1. The van der Waals surface area contributed by atoms with Crippen LogP contribution in [0, 0.1) is 0 Å². The molecule has 1 atom stereocenters. The molecule has 0 heterocycles. The van der Waals surface area contributed by atoms with Crippen molar-refractivity contribution >= 4 is 13.7 Å². The third-order valence-corrected chi connectivity index (χ3v) is 6.07. The lowest BCUT2D eigenvalue weighted by Crippen LogP contribution is -2.43. The second-order valence-corrected chi connectivity index (χ2v) is 9.93. The third kappa shape index (κ3) is 24.0. The second-order valence-electron chi connectivity index (χ2n) is 8.69. The molecule has 1 amide bonds. The standard InChI is InChI=1S/C23H49N2O5P/c1-2-3-4-5-6-7-8-9-10-11-12-13-14-15-16-17-18-19-20-25-23(26)22(24)21-30-31(27,28)29/h22H,2-21,24H2,1H3,(H,25,26)(H2,27,28,29)/t22-/m0/s1. The molecule has 186 valence electrons. The van der Waals surface area contributed by atoms with Gasteiger partial charge in [-0.15, -0.1) is 0 Å². The van der Waals surface area contributed by atoms with E-state index in [0.717, 1.165) is 12.8 Å². The molecule has 0 saturated heterocycles. The maximum atomic E-state index is 11.7. The van der Waals surface area contributed by atoms with Gasteiger partial charge in [-0.1, -0.05) is 116 Å². The molecular weight excluding hydrogens is 415 g/mol. The van der Waals surface area contributed by atoms with Gasteiger partial charge in [0, 0.05) is 6.54 Å². The number of carbonyl (C=O) groups excluding carboxylic acids is 1. The molecule has 0 aliphatic rings. The summed E-state index contributed by atoms with van der Waals surface area (Å²) in [5, 5.41) is 2.68. The molecule has 0 fully saturated rings. The summed E-state index contributed by atoms with van der Waals surface area (Å²) in [6.07, 6.45) is 23.7. The summed E-state index contributed by atoms with van der Waals surface area (Å²) < 4.78 is 14.8. The molecule has 0 unspecified atom stereocenters. The number of carbonyl (C=O) groups is 1. The Balaban J connectivity index is 3.24. The fraction of sp³-hybridized carbons (Fsp3) is 0.957. The van der Waals surface area contributed by atoms with E-state index < -0.39 is 26.4 Å².